The van der Waals surface area contributed by atoms with Gasteiger partial charge in [-0.05, 0) is 30.7 Å². The quantitative estimate of drug-likeness (QED) is 0.606. The molecule has 9 nitrogen and oxygen atoms in total. The first-order chi connectivity index (χ1) is 15.7. The number of hydrogen-bond donors (Lipinski definition) is 2. The maximum atomic E-state index is 12.8. The van der Waals surface area contributed by atoms with Gasteiger partial charge >= 0.3 is 6.03 Å². The van der Waals surface area contributed by atoms with Gasteiger partial charge in [0.05, 0.1) is 11.3 Å². The van der Waals surface area contributed by atoms with Crippen molar-refractivity contribution in [1.82, 2.24) is 24.2 Å². The molecule has 2 aliphatic rings. The number of nitrogens with zero attached hydrogens (tertiary/aromatic N) is 6. The number of urea groups is 1. The molecule has 3 atom stereocenters. The Morgan fingerprint density at radius 1 is 1.33 bits per heavy atom. The van der Waals surface area contributed by atoms with Crippen LogP contribution in [0, 0.1) is 23.2 Å². The van der Waals surface area contributed by atoms with Crippen molar-refractivity contribution in [2.75, 3.05) is 30.4 Å². The molecular formula is C23H28N8OS. The monoisotopic (exact) mass is 464 g/mol. The topological polar surface area (TPSA) is 114 Å². The van der Waals surface area contributed by atoms with Gasteiger partial charge in [0.25, 0.3) is 0 Å². The molecule has 0 radical (unpaired) electrons. The van der Waals surface area contributed by atoms with E-state index in [-0.39, 0.29) is 11.4 Å². The lowest BCUT2D eigenvalue weighted by atomic mass is 9.96. The van der Waals surface area contributed by atoms with Gasteiger partial charge in [-0.3, -0.25) is 5.32 Å². The summed E-state index contributed by atoms with van der Waals surface area (Å²) in [5, 5.41) is 14.1. The Balaban J connectivity index is 1.24. The number of amides is 2. The van der Waals surface area contributed by atoms with Crippen LogP contribution in [0.15, 0.2) is 18.5 Å². The van der Waals surface area contributed by atoms with Gasteiger partial charge in [0.1, 0.15) is 17.5 Å². The molecule has 3 aromatic rings. The summed E-state index contributed by atoms with van der Waals surface area (Å²) in [5.41, 5.74) is 2.18. The van der Waals surface area contributed by atoms with Gasteiger partial charge in [-0.15, -0.1) is 0 Å². The summed E-state index contributed by atoms with van der Waals surface area (Å²) >= 11 is 1.23. The first kappa shape index (κ1) is 21.6. The van der Waals surface area contributed by atoms with Gasteiger partial charge in [-0.25, -0.2) is 14.8 Å². The van der Waals surface area contributed by atoms with E-state index in [2.05, 4.69) is 63.4 Å². The normalized spacial score (nSPS) is 22.4. The Morgan fingerprint density at radius 3 is 2.70 bits per heavy atom. The molecule has 33 heavy (non-hydrogen) atoms. The van der Waals surface area contributed by atoms with Crippen LogP contribution in [0.1, 0.15) is 45.0 Å². The third-order valence-corrected chi connectivity index (χ3v) is 7.53. The minimum absolute atomic E-state index is 0.0964. The maximum absolute atomic E-state index is 12.8. The predicted molar refractivity (Wildman–Crippen MR) is 128 cm³/mol. The van der Waals surface area contributed by atoms with E-state index in [1.54, 1.807) is 6.20 Å². The van der Waals surface area contributed by atoms with Crippen LogP contribution >= 0.6 is 11.5 Å². The average molecular weight is 465 g/mol. The lowest BCUT2D eigenvalue weighted by molar-refractivity contribution is 0.218. The van der Waals surface area contributed by atoms with Crippen LogP contribution in [0.5, 0.6) is 0 Å². The van der Waals surface area contributed by atoms with Crippen LogP contribution in [0.2, 0.25) is 0 Å². The Bertz CT molecular complexity index is 1220. The smallest absolute Gasteiger partial charge is 0.323 e. The number of nitriles is 1. The van der Waals surface area contributed by atoms with E-state index in [9.17, 15) is 10.1 Å². The summed E-state index contributed by atoms with van der Waals surface area (Å²) < 4.78 is 4.38. The SMILES string of the molecule is CN(c1c(C#N)cnc2[nH]ccc12)[C@H]1C[C@@H]2CN(C(=O)Nc3nc(C(C)(C)C)ns3)C[C@@H]2C1. The zero-order valence-electron chi connectivity index (χ0n) is 19.3. The van der Waals surface area contributed by atoms with Crippen LogP contribution in [-0.2, 0) is 5.41 Å². The highest BCUT2D eigenvalue weighted by Crippen LogP contribution is 2.42. The highest BCUT2D eigenvalue weighted by atomic mass is 32.1. The van der Waals surface area contributed by atoms with Crippen LogP contribution in [0.4, 0.5) is 15.6 Å². The van der Waals surface area contributed by atoms with E-state index < -0.39 is 0 Å². The second kappa shape index (κ2) is 7.99. The molecule has 1 aliphatic carbocycles. The summed E-state index contributed by atoms with van der Waals surface area (Å²) in [7, 11) is 2.07. The molecule has 10 heteroatoms. The second-order valence-electron chi connectivity index (χ2n) is 10.1. The van der Waals surface area contributed by atoms with E-state index in [4.69, 9.17) is 0 Å². The molecular weight excluding hydrogens is 436 g/mol. The first-order valence-electron chi connectivity index (χ1n) is 11.2. The first-order valence-corrected chi connectivity index (χ1v) is 12.0. The van der Waals surface area contributed by atoms with Gasteiger partial charge in [0.2, 0.25) is 5.13 Å². The van der Waals surface area contributed by atoms with Crippen LogP contribution in [-0.4, -0.2) is 56.4 Å². The number of hydrogen-bond acceptors (Lipinski definition) is 7. The Hall–Kier alpha value is -3.19. The molecule has 1 saturated heterocycles. The van der Waals surface area contributed by atoms with Gasteiger partial charge < -0.3 is 14.8 Å². The molecule has 1 saturated carbocycles. The number of aromatic amines is 1. The van der Waals surface area contributed by atoms with E-state index >= 15 is 0 Å². The number of nitrogens with one attached hydrogen (secondary N) is 2. The van der Waals surface area contributed by atoms with E-state index in [0.29, 0.717) is 28.6 Å². The highest BCUT2D eigenvalue weighted by molar-refractivity contribution is 7.09. The average Bonchev–Trinajstić information content (AvgIpc) is 3.54. The molecule has 5 rings (SSSR count). The van der Waals surface area contributed by atoms with Gasteiger partial charge in [-0.1, -0.05) is 20.8 Å². The molecule has 3 aromatic heterocycles. The Labute approximate surface area is 197 Å². The molecule has 1 aliphatic heterocycles. The summed E-state index contributed by atoms with van der Waals surface area (Å²) in [5.74, 6) is 1.66. The lowest BCUT2D eigenvalue weighted by Crippen LogP contribution is -2.36. The van der Waals surface area contributed by atoms with E-state index in [1.165, 1.54) is 11.5 Å². The molecule has 0 unspecified atom stereocenters. The van der Waals surface area contributed by atoms with Crippen LogP contribution in [0.25, 0.3) is 11.0 Å². The number of carbonyl (C=O) groups is 1. The largest absolute Gasteiger partial charge is 0.370 e. The molecule has 0 aromatic carbocycles. The van der Waals surface area contributed by atoms with Crippen molar-refractivity contribution in [3.63, 3.8) is 0 Å². The minimum atomic E-state index is -0.141. The Morgan fingerprint density at radius 2 is 2.06 bits per heavy atom. The summed E-state index contributed by atoms with van der Waals surface area (Å²) in [6.45, 7) is 7.66. The van der Waals surface area contributed by atoms with E-state index in [0.717, 1.165) is 48.5 Å². The van der Waals surface area contributed by atoms with Crippen molar-refractivity contribution in [3.8, 4) is 6.07 Å². The number of fused-ring (bicyclic) bond motifs is 2. The number of aromatic nitrogens is 4. The standard InChI is InChI=1S/C23H28N8OS/c1-23(2,3)20-27-21(33-29-20)28-22(32)31-11-13-7-16(8-14(13)12-31)30(4)18-15(9-24)10-26-19-17(18)5-6-25-19/h5-6,10,13-14,16H,7-8,11-12H2,1-4H3,(H,25,26)(H,27,28,29,32)/t13-,14+,16+. The summed E-state index contributed by atoms with van der Waals surface area (Å²) in [6.07, 6.45) is 5.50. The molecule has 2 amide bonds. The van der Waals surface area contributed by atoms with Crippen molar-refractivity contribution >= 4 is 39.4 Å². The van der Waals surface area contributed by atoms with Crippen molar-refractivity contribution in [3.05, 3.63) is 29.8 Å². The maximum Gasteiger partial charge on any atom is 0.323 e. The number of pyridine rings is 1. The predicted octanol–water partition coefficient (Wildman–Crippen LogP) is 3.96. The lowest BCUT2D eigenvalue weighted by Gasteiger charge is -2.29. The third-order valence-electron chi connectivity index (χ3n) is 6.90. The van der Waals surface area contributed by atoms with Crippen LogP contribution in [0.3, 0.4) is 0 Å². The van der Waals surface area contributed by atoms with E-state index in [1.807, 2.05) is 17.2 Å². The fourth-order valence-corrected chi connectivity index (χ4v) is 5.89. The molecule has 172 valence electrons. The van der Waals surface area contributed by atoms with Crippen LogP contribution < -0.4 is 10.2 Å². The van der Waals surface area contributed by atoms with Gasteiger partial charge in [0, 0.05) is 60.9 Å². The van der Waals surface area contributed by atoms with Crippen molar-refractivity contribution in [1.29, 1.82) is 5.26 Å². The van der Waals surface area contributed by atoms with Gasteiger partial charge in [-0.2, -0.15) is 9.64 Å². The van der Waals surface area contributed by atoms with Crippen molar-refractivity contribution < 1.29 is 4.79 Å². The second-order valence-corrected chi connectivity index (χ2v) is 10.9. The van der Waals surface area contributed by atoms with Crippen molar-refractivity contribution in [2.24, 2.45) is 11.8 Å². The number of carbonyl (C=O) groups excluding carboxylic acids is 1. The fourth-order valence-electron chi connectivity index (χ4n) is 5.14. The zero-order valence-corrected chi connectivity index (χ0v) is 20.1. The molecule has 2 N–H and O–H groups in total. The minimum Gasteiger partial charge on any atom is -0.370 e. The molecule has 2 fully saturated rings. The fraction of sp³-hybridized carbons (Fsp3) is 0.522. The summed E-state index contributed by atoms with van der Waals surface area (Å²) in [4.78, 5) is 29.0. The molecule has 0 spiro atoms. The number of anilines is 2. The molecule has 0 bridgehead atoms. The zero-order chi connectivity index (χ0) is 23.3. The number of H-pyrrole nitrogens is 1. The highest BCUT2D eigenvalue weighted by Gasteiger charge is 2.44. The van der Waals surface area contributed by atoms with Crippen molar-refractivity contribution in [2.45, 2.75) is 45.1 Å². The number of rotatable bonds is 3. The van der Waals surface area contributed by atoms with Gasteiger partial charge in [0.15, 0.2) is 0 Å². The molecule has 4 heterocycles. The Kier molecular flexibility index (Phi) is 5.24. The third kappa shape index (κ3) is 3.91. The summed E-state index contributed by atoms with van der Waals surface area (Å²) in [6, 6.07) is 4.51. The number of likely N-dealkylation sites (tertiary alicyclic amines) is 1.